The van der Waals surface area contributed by atoms with Crippen LogP contribution < -0.4 is 4.89 Å². The Labute approximate surface area is 71.9 Å². The number of hydrogen-bond donors (Lipinski definition) is 1. The molecule has 1 aliphatic rings. The predicted octanol–water partition coefficient (Wildman–Crippen LogP) is -0.914. The fraction of sp³-hybridized carbons (Fsp3) is 1.00. The van der Waals surface area contributed by atoms with E-state index >= 15 is 0 Å². The first-order chi connectivity index (χ1) is 5.63. The van der Waals surface area contributed by atoms with Gasteiger partial charge in [0.1, 0.15) is 6.10 Å². The van der Waals surface area contributed by atoms with Crippen LogP contribution in [0.25, 0.3) is 0 Å². The fourth-order valence-electron chi connectivity index (χ4n) is 1.44. The monoisotopic (exact) mass is 193 g/mol. The van der Waals surface area contributed by atoms with Crippen LogP contribution in [0.3, 0.4) is 0 Å². The van der Waals surface area contributed by atoms with Crippen LogP contribution in [0.2, 0.25) is 0 Å². The summed E-state index contributed by atoms with van der Waals surface area (Å²) < 4.78 is 14.8. The summed E-state index contributed by atoms with van der Waals surface area (Å²) in [7, 11) is -0.927. The molecular formula is C6H12NO4P. The van der Waals surface area contributed by atoms with E-state index in [-0.39, 0.29) is 18.8 Å². The van der Waals surface area contributed by atoms with Gasteiger partial charge in [0.25, 0.3) is 0 Å². The third-order valence-corrected chi connectivity index (χ3v) is 2.57. The zero-order valence-electron chi connectivity index (χ0n) is 6.84. The molecule has 0 aromatic carbocycles. The lowest BCUT2D eigenvalue weighted by Crippen LogP contribution is -2.28. The molecule has 3 unspecified atom stereocenters. The molecule has 1 heterocycles. The van der Waals surface area contributed by atoms with Crippen molar-refractivity contribution in [2.24, 2.45) is 0 Å². The normalized spacial score (nSPS) is 32.4. The van der Waals surface area contributed by atoms with Crippen molar-refractivity contribution in [2.45, 2.75) is 18.6 Å². The summed E-state index contributed by atoms with van der Waals surface area (Å²) >= 11 is 0. The zero-order valence-corrected chi connectivity index (χ0v) is 7.74. The molecule has 6 heteroatoms. The predicted molar refractivity (Wildman–Crippen MR) is 40.6 cm³/mol. The maximum absolute atomic E-state index is 10.2. The van der Waals surface area contributed by atoms with Gasteiger partial charge in [0, 0.05) is 12.6 Å². The molecule has 0 radical (unpaired) electrons. The van der Waals surface area contributed by atoms with Gasteiger partial charge in [-0.15, -0.1) is 4.52 Å². The van der Waals surface area contributed by atoms with Crippen LogP contribution in [-0.2, 0) is 9.09 Å². The van der Waals surface area contributed by atoms with Crippen LogP contribution in [0.15, 0.2) is 0 Å². The molecule has 12 heavy (non-hydrogen) atoms. The minimum Gasteiger partial charge on any atom is -0.566 e. The Hall–Kier alpha value is -0.0600. The summed E-state index contributed by atoms with van der Waals surface area (Å²) in [5.74, 6) is 0. The quantitative estimate of drug-likeness (QED) is 0.587. The Morgan fingerprint density at radius 2 is 2.50 bits per heavy atom. The molecule has 5 nitrogen and oxygen atoms in total. The lowest BCUT2D eigenvalue weighted by atomic mass is 10.2. The van der Waals surface area contributed by atoms with Crippen LogP contribution in [0.1, 0.15) is 6.42 Å². The highest BCUT2D eigenvalue weighted by Crippen LogP contribution is 2.24. The number of hydrogen-bond acceptors (Lipinski definition) is 5. The highest BCUT2D eigenvalue weighted by molar-refractivity contribution is 7.30. The van der Waals surface area contributed by atoms with E-state index in [0.717, 1.165) is 0 Å². The molecule has 0 bridgehead atoms. The van der Waals surface area contributed by atoms with Crippen molar-refractivity contribution in [3.63, 3.8) is 0 Å². The van der Waals surface area contributed by atoms with E-state index in [1.807, 2.05) is 11.9 Å². The Kier molecular flexibility index (Phi) is 3.55. The second kappa shape index (κ2) is 4.25. The van der Waals surface area contributed by atoms with Crippen LogP contribution >= 0.6 is 8.25 Å². The molecule has 1 fully saturated rings. The highest BCUT2D eigenvalue weighted by Gasteiger charge is 2.32. The number of likely N-dealkylation sites (N-methyl/N-ethyl adjacent to an activating group) is 1. The molecule has 0 aromatic rings. The lowest BCUT2D eigenvalue weighted by Gasteiger charge is -2.14. The molecule has 1 aliphatic heterocycles. The van der Waals surface area contributed by atoms with Crippen molar-refractivity contribution in [1.82, 2.24) is 4.90 Å². The second-order valence-electron chi connectivity index (χ2n) is 2.96. The van der Waals surface area contributed by atoms with E-state index in [0.29, 0.717) is 13.0 Å². The van der Waals surface area contributed by atoms with Crippen LogP contribution in [0, 0.1) is 0 Å². The molecule has 0 spiro atoms. The summed E-state index contributed by atoms with van der Waals surface area (Å²) in [6.07, 6.45) is 0.296. The van der Waals surface area contributed by atoms with Gasteiger partial charge in [0.15, 0.2) is 0 Å². The fourth-order valence-corrected chi connectivity index (χ4v) is 1.84. The Balaban J connectivity index is 2.37. The number of rotatable bonds is 3. The topological polar surface area (TPSA) is 72.8 Å². The van der Waals surface area contributed by atoms with Crippen molar-refractivity contribution in [3.05, 3.63) is 0 Å². The van der Waals surface area contributed by atoms with Gasteiger partial charge >= 0.3 is 8.25 Å². The van der Waals surface area contributed by atoms with E-state index in [1.54, 1.807) is 0 Å². The van der Waals surface area contributed by atoms with Gasteiger partial charge < -0.3 is 10.00 Å². The largest absolute Gasteiger partial charge is 0.566 e. The van der Waals surface area contributed by atoms with Crippen LogP contribution in [-0.4, -0.2) is 42.4 Å². The first kappa shape index (κ1) is 10.0. The molecule has 0 amide bonds. The summed E-state index contributed by atoms with van der Waals surface area (Å²) in [5, 5.41) is 8.84. The van der Waals surface area contributed by atoms with Crippen molar-refractivity contribution < 1.29 is 19.1 Å². The minimum atomic E-state index is -2.76. The highest BCUT2D eigenvalue weighted by atomic mass is 31.1. The van der Waals surface area contributed by atoms with Crippen molar-refractivity contribution in [2.75, 3.05) is 20.2 Å². The molecule has 0 saturated carbocycles. The smallest absolute Gasteiger partial charge is 0.488 e. The summed E-state index contributed by atoms with van der Waals surface area (Å²) in [6.45, 7) is 0.612. The Morgan fingerprint density at radius 1 is 1.83 bits per heavy atom. The van der Waals surface area contributed by atoms with Gasteiger partial charge in [-0.25, -0.2) is 0 Å². The van der Waals surface area contributed by atoms with Crippen LogP contribution in [0.5, 0.6) is 0 Å². The molecule has 0 aromatic heterocycles. The number of likely N-dealkylation sites (tertiary alicyclic amines) is 1. The molecular weight excluding hydrogens is 181 g/mol. The van der Waals surface area contributed by atoms with Gasteiger partial charge in [-0.3, -0.25) is 4.90 Å². The summed E-state index contributed by atoms with van der Waals surface area (Å²) in [4.78, 5) is 12.1. The third-order valence-electron chi connectivity index (χ3n) is 2.10. The van der Waals surface area contributed by atoms with E-state index < -0.39 is 8.25 Å². The number of aliphatic hydroxyl groups is 1. The lowest BCUT2D eigenvalue weighted by molar-refractivity contribution is -0.188. The van der Waals surface area contributed by atoms with E-state index in [9.17, 15) is 9.46 Å². The van der Waals surface area contributed by atoms with Gasteiger partial charge in [-0.2, -0.15) is 0 Å². The van der Waals surface area contributed by atoms with Crippen molar-refractivity contribution in [3.8, 4) is 0 Å². The van der Waals surface area contributed by atoms with Gasteiger partial charge in [0.05, 0.1) is 6.61 Å². The molecule has 1 saturated heterocycles. The number of nitrogens with zero attached hydrogens (tertiary/aromatic N) is 1. The van der Waals surface area contributed by atoms with E-state index in [2.05, 4.69) is 4.52 Å². The van der Waals surface area contributed by atoms with Crippen LogP contribution in [0.4, 0.5) is 0 Å². The van der Waals surface area contributed by atoms with Gasteiger partial charge in [-0.05, 0) is 18.0 Å². The zero-order chi connectivity index (χ0) is 9.14. The molecule has 3 atom stereocenters. The second-order valence-corrected chi connectivity index (χ2v) is 3.62. The molecule has 1 N–H and O–H groups in total. The summed E-state index contributed by atoms with van der Waals surface area (Å²) in [5.41, 5.74) is 0. The standard InChI is InChI=1S/C6H12NO4P/c1-7-3-6(11-12(9)10)2-5(7)4-8/h5-6,8H,2-4H2,1H3. The maximum Gasteiger partial charge on any atom is 0.488 e. The average molecular weight is 193 g/mol. The van der Waals surface area contributed by atoms with Crippen molar-refractivity contribution in [1.29, 1.82) is 0 Å². The minimum absolute atomic E-state index is 0.0324. The Bertz CT molecular complexity index is 177. The summed E-state index contributed by atoms with van der Waals surface area (Å²) in [6, 6.07) is 0.0324. The average Bonchev–Trinajstić information content (AvgIpc) is 2.29. The third kappa shape index (κ3) is 2.47. The molecule has 70 valence electrons. The first-order valence-electron chi connectivity index (χ1n) is 3.75. The molecule has 0 aliphatic carbocycles. The number of aliphatic hydroxyl groups excluding tert-OH is 1. The van der Waals surface area contributed by atoms with Gasteiger partial charge in [0.2, 0.25) is 0 Å². The maximum atomic E-state index is 10.2. The molecule has 1 rings (SSSR count). The SMILES string of the molecule is CN1CC(O[P+](=O)[O-])CC1CO. The van der Waals surface area contributed by atoms with E-state index in [4.69, 9.17) is 5.11 Å². The first-order valence-corrected chi connectivity index (χ1v) is 4.85. The van der Waals surface area contributed by atoms with Gasteiger partial charge in [-0.1, -0.05) is 0 Å². The van der Waals surface area contributed by atoms with Crippen molar-refractivity contribution >= 4 is 8.25 Å². The Morgan fingerprint density at radius 3 is 2.92 bits per heavy atom. The van der Waals surface area contributed by atoms with E-state index in [1.165, 1.54) is 0 Å².